The van der Waals surface area contributed by atoms with Crippen LogP contribution >= 0.6 is 0 Å². The summed E-state index contributed by atoms with van der Waals surface area (Å²) in [6.07, 6.45) is 9.01. The van der Waals surface area contributed by atoms with Crippen LogP contribution in [0.1, 0.15) is 211 Å². The first kappa shape index (κ1) is 48.0. The Bertz CT molecular complexity index is 3210. The zero-order chi connectivity index (χ0) is 51.5. The fraction of sp³-hybridized carbons (Fsp3) is 0.438. The lowest BCUT2D eigenvalue weighted by molar-refractivity contribution is 0.0487. The number of nitrogens with zero attached hydrogens (tertiary/aromatic N) is 2. The van der Waals surface area contributed by atoms with Gasteiger partial charge in [0.25, 0.3) is 23.6 Å². The number of hydrogen-bond donors (Lipinski definition) is 2. The van der Waals surface area contributed by atoms with Crippen LogP contribution in [0.2, 0.25) is 0 Å². The van der Waals surface area contributed by atoms with E-state index in [9.17, 15) is 10.2 Å². The molecule has 0 atom stereocenters. The van der Waals surface area contributed by atoms with E-state index in [-0.39, 0.29) is 47.2 Å². The Morgan fingerprint density at radius 2 is 0.653 bits per heavy atom. The molecule has 0 spiro atoms. The summed E-state index contributed by atoms with van der Waals surface area (Å²) in [4.78, 5) is 64.3. The van der Waals surface area contributed by atoms with Gasteiger partial charge in [-0.3, -0.25) is 29.0 Å². The molecule has 0 radical (unpaired) electrons. The molecule has 8 nitrogen and oxygen atoms in total. The summed E-state index contributed by atoms with van der Waals surface area (Å²) in [7, 11) is 0. The highest BCUT2D eigenvalue weighted by molar-refractivity contribution is 6.44. The van der Waals surface area contributed by atoms with E-state index in [4.69, 9.17) is 0 Å². The zero-order valence-electron chi connectivity index (χ0n) is 44.4. The molecule has 372 valence electrons. The molecule has 0 unspecified atom stereocenters. The van der Waals surface area contributed by atoms with Gasteiger partial charge in [0.05, 0.1) is 0 Å². The molecule has 2 aliphatic heterocycles. The van der Waals surface area contributed by atoms with Crippen molar-refractivity contribution in [3.8, 4) is 33.8 Å². The number of hydrogen-bond acceptors (Lipinski definition) is 6. The summed E-state index contributed by atoms with van der Waals surface area (Å²) >= 11 is 0. The second-order valence-electron chi connectivity index (χ2n) is 25.9. The SMILES string of the molecule is CC(C)(C)c1cc(-c2cc3c4c(ccc5c6c(-c7cc(C(C)(C)C)c(O)c(C(C)(C)C)c7)cc7c8c(ccc(c2c45)c86)C(=O)N(C2CCCCC2)C7=O)C(=O)N(C2CCCCC2)C3=O)cc(C(C)(C)C)c1O. The van der Waals surface area contributed by atoms with Gasteiger partial charge in [-0.2, -0.15) is 0 Å². The summed E-state index contributed by atoms with van der Waals surface area (Å²) in [5.41, 5.74) is 6.34. The van der Waals surface area contributed by atoms with Crippen molar-refractivity contribution < 1.29 is 29.4 Å². The van der Waals surface area contributed by atoms with Gasteiger partial charge >= 0.3 is 0 Å². The van der Waals surface area contributed by atoms with Gasteiger partial charge in [0.2, 0.25) is 0 Å². The highest BCUT2D eigenvalue weighted by atomic mass is 16.3. The van der Waals surface area contributed by atoms with Gasteiger partial charge in [0, 0.05) is 67.4 Å². The van der Waals surface area contributed by atoms with Crippen LogP contribution in [0, 0.1) is 0 Å². The molecule has 11 rings (SSSR count). The maximum Gasteiger partial charge on any atom is 0.261 e. The summed E-state index contributed by atoms with van der Waals surface area (Å²) in [5, 5.41) is 30.2. The minimum atomic E-state index is -0.462. The second-order valence-corrected chi connectivity index (χ2v) is 25.9. The topological polar surface area (TPSA) is 115 Å². The first-order valence-electron chi connectivity index (χ1n) is 26.6. The monoisotopic (exact) mass is 963 g/mol. The molecule has 0 saturated heterocycles. The Balaban J connectivity index is 1.36. The molecular weight excluding hydrogens is 893 g/mol. The molecule has 72 heavy (non-hydrogen) atoms. The fourth-order valence-electron chi connectivity index (χ4n) is 13.2. The number of rotatable bonds is 4. The Hall–Kier alpha value is -6.28. The number of benzene rings is 7. The number of carbonyl (C=O) groups excluding carboxylic acids is 4. The molecule has 7 aromatic carbocycles. The number of amides is 4. The van der Waals surface area contributed by atoms with Gasteiger partial charge in [-0.15, -0.1) is 0 Å². The van der Waals surface area contributed by atoms with Crippen LogP contribution in [0.3, 0.4) is 0 Å². The first-order chi connectivity index (χ1) is 33.8. The molecule has 4 amide bonds. The minimum absolute atomic E-state index is 0.207. The highest BCUT2D eigenvalue weighted by Gasteiger charge is 2.43. The van der Waals surface area contributed by atoms with Gasteiger partial charge in [0.1, 0.15) is 11.5 Å². The second kappa shape index (κ2) is 16.1. The third-order valence-electron chi connectivity index (χ3n) is 16.9. The Morgan fingerprint density at radius 1 is 0.361 bits per heavy atom. The highest BCUT2D eigenvalue weighted by Crippen LogP contribution is 2.55. The van der Waals surface area contributed by atoms with E-state index in [0.717, 1.165) is 141 Å². The lowest BCUT2D eigenvalue weighted by Gasteiger charge is -2.37. The van der Waals surface area contributed by atoms with Crippen molar-refractivity contribution in [2.24, 2.45) is 0 Å². The first-order valence-corrected chi connectivity index (χ1v) is 26.6. The van der Waals surface area contributed by atoms with Crippen LogP contribution in [0.5, 0.6) is 11.5 Å². The largest absolute Gasteiger partial charge is 0.507 e. The van der Waals surface area contributed by atoms with Crippen molar-refractivity contribution in [3.63, 3.8) is 0 Å². The van der Waals surface area contributed by atoms with Gasteiger partial charge in [0.15, 0.2) is 0 Å². The number of imide groups is 2. The Labute approximate surface area is 424 Å². The summed E-state index contributed by atoms with van der Waals surface area (Å²) in [6, 6.07) is 19.7. The van der Waals surface area contributed by atoms with E-state index >= 15 is 19.2 Å². The van der Waals surface area contributed by atoms with Crippen LogP contribution in [0.4, 0.5) is 0 Å². The summed E-state index contributed by atoms with van der Waals surface area (Å²) < 4.78 is 0. The van der Waals surface area contributed by atoms with Crippen molar-refractivity contribution in [1.29, 1.82) is 0 Å². The van der Waals surface area contributed by atoms with E-state index in [0.29, 0.717) is 33.0 Å². The van der Waals surface area contributed by atoms with Gasteiger partial charge in [-0.1, -0.05) is 134 Å². The average molecular weight is 963 g/mol. The van der Waals surface area contributed by atoms with E-state index in [2.05, 4.69) is 107 Å². The molecule has 8 heteroatoms. The maximum atomic E-state index is 15.5. The van der Waals surface area contributed by atoms with Crippen LogP contribution in [-0.4, -0.2) is 55.7 Å². The number of phenolic OH excluding ortho intramolecular Hbond substituents is 2. The van der Waals surface area contributed by atoms with Crippen LogP contribution < -0.4 is 0 Å². The molecule has 2 N–H and O–H groups in total. The zero-order valence-corrected chi connectivity index (χ0v) is 44.4. The third-order valence-corrected chi connectivity index (χ3v) is 16.9. The molecule has 2 heterocycles. The fourth-order valence-corrected chi connectivity index (χ4v) is 13.2. The Kier molecular flexibility index (Phi) is 10.7. The number of carbonyl (C=O) groups is 4. The normalized spacial score (nSPS) is 17.8. The molecule has 2 saturated carbocycles. The molecule has 7 aromatic rings. The Morgan fingerprint density at radius 3 is 0.944 bits per heavy atom. The van der Waals surface area contributed by atoms with Crippen molar-refractivity contribution in [3.05, 3.63) is 105 Å². The molecule has 0 aromatic heterocycles. The van der Waals surface area contributed by atoms with E-state index in [1.54, 1.807) is 9.80 Å². The maximum absolute atomic E-state index is 15.5. The number of fused-ring (bicyclic) bond motifs is 2. The molecular formula is C64H70N2O6. The standard InChI is InChI=1S/C64H70N2O6/c1-61(2,3)45-27-33(28-46(55(45)67)62(4,5)6)41-31-43-51-39(57(69)65(59(43)71)35-19-15-13-16-20-35)26-24-38-50-42(34-29-47(63(7,8)9)56(68)48(30-34)64(10,11)12)32-44-52-40(25-23-37(54(50)52)49(41)53(38)51)58(70)66(60(44)72)36-21-17-14-18-22-36/h23-32,35-36,67-68H,13-22H2,1-12H3. The number of aromatic hydroxyl groups is 2. The van der Waals surface area contributed by atoms with Crippen molar-refractivity contribution >= 4 is 66.7 Å². The molecule has 4 aliphatic rings. The lowest BCUT2D eigenvalue weighted by Crippen LogP contribution is -2.48. The summed E-state index contributed by atoms with van der Waals surface area (Å²) in [6.45, 7) is 25.1. The van der Waals surface area contributed by atoms with Crippen LogP contribution in [-0.2, 0) is 21.7 Å². The quantitative estimate of drug-likeness (QED) is 0.103. The molecule has 2 fully saturated rings. The average Bonchev–Trinajstić information content (AvgIpc) is 3.31. The van der Waals surface area contributed by atoms with Crippen LogP contribution in [0.25, 0.3) is 65.3 Å². The predicted octanol–water partition coefficient (Wildman–Crippen LogP) is 15.5. The van der Waals surface area contributed by atoms with Gasteiger partial charge < -0.3 is 10.2 Å². The smallest absolute Gasteiger partial charge is 0.261 e. The van der Waals surface area contributed by atoms with Crippen LogP contribution in [0.15, 0.2) is 60.7 Å². The van der Waals surface area contributed by atoms with E-state index in [1.807, 2.05) is 36.4 Å². The van der Waals surface area contributed by atoms with Crippen molar-refractivity contribution in [2.75, 3.05) is 0 Å². The minimum Gasteiger partial charge on any atom is -0.507 e. The predicted molar refractivity (Wildman–Crippen MR) is 291 cm³/mol. The lowest BCUT2D eigenvalue weighted by atomic mass is 9.74. The van der Waals surface area contributed by atoms with Gasteiger partial charge in [-0.05, 0) is 150 Å². The number of phenols is 2. The van der Waals surface area contributed by atoms with E-state index in [1.165, 1.54) is 0 Å². The van der Waals surface area contributed by atoms with Crippen molar-refractivity contribution in [1.82, 2.24) is 9.80 Å². The third kappa shape index (κ3) is 7.11. The van der Waals surface area contributed by atoms with Crippen molar-refractivity contribution in [2.45, 2.75) is 181 Å². The molecule has 2 aliphatic carbocycles. The van der Waals surface area contributed by atoms with E-state index < -0.39 is 21.7 Å². The molecule has 0 bridgehead atoms. The summed E-state index contributed by atoms with van der Waals surface area (Å²) in [5.74, 6) is -0.666. The van der Waals surface area contributed by atoms with Gasteiger partial charge in [-0.25, -0.2) is 0 Å².